The van der Waals surface area contributed by atoms with Crippen LogP contribution in [0.1, 0.15) is 33.3 Å². The van der Waals surface area contributed by atoms with Crippen molar-refractivity contribution in [1.29, 1.82) is 0 Å². The number of carbonyl (C=O) groups excluding carboxylic acids is 1. The number of hydrogen-bond acceptors (Lipinski definition) is 4. The topological polar surface area (TPSA) is 50.8 Å². The Hall–Kier alpha value is -1.85. The first-order valence-corrected chi connectivity index (χ1v) is 8.80. The van der Waals surface area contributed by atoms with Crippen molar-refractivity contribution < 1.29 is 14.3 Å². The molecule has 1 N–H and O–H groups in total. The Bertz CT molecular complexity index is 603. The second kappa shape index (κ2) is 8.50. The molecule has 1 saturated heterocycles. The normalized spacial score (nSPS) is 22.1. The summed E-state index contributed by atoms with van der Waals surface area (Å²) >= 11 is 0. The first kappa shape index (κ1) is 19.5. The zero-order valence-corrected chi connectivity index (χ0v) is 15.9. The molecule has 0 aliphatic carbocycles. The number of ether oxygens (including phenoxy) is 2. The molecule has 1 amide bonds. The molecule has 0 unspecified atom stereocenters. The second-order valence-electron chi connectivity index (χ2n) is 7.30. The average Bonchev–Trinajstić information content (AvgIpc) is 2.57. The van der Waals surface area contributed by atoms with Crippen molar-refractivity contribution in [2.45, 2.75) is 45.4 Å². The fourth-order valence-corrected chi connectivity index (χ4v) is 3.06. The van der Waals surface area contributed by atoms with E-state index in [-0.39, 0.29) is 23.7 Å². The van der Waals surface area contributed by atoms with Crippen molar-refractivity contribution >= 4 is 12.0 Å². The van der Waals surface area contributed by atoms with Crippen LogP contribution in [-0.4, -0.2) is 55.3 Å². The maximum atomic E-state index is 12.2. The summed E-state index contributed by atoms with van der Waals surface area (Å²) in [4.78, 5) is 14.5. The van der Waals surface area contributed by atoms with Gasteiger partial charge in [-0.05, 0) is 51.5 Å². The predicted octanol–water partition coefficient (Wildman–Crippen LogP) is 2.71. The second-order valence-corrected chi connectivity index (χ2v) is 7.30. The zero-order valence-electron chi connectivity index (χ0n) is 15.9. The summed E-state index contributed by atoms with van der Waals surface area (Å²) in [5, 5.41) is 3.01. The summed E-state index contributed by atoms with van der Waals surface area (Å²) in [5.41, 5.74) is 0.816. The molecule has 0 aromatic heterocycles. The van der Waals surface area contributed by atoms with Crippen molar-refractivity contribution in [2.24, 2.45) is 0 Å². The summed E-state index contributed by atoms with van der Waals surface area (Å²) in [6.45, 7) is 10.9. The van der Waals surface area contributed by atoms with Crippen LogP contribution in [0.4, 0.5) is 0 Å². The molecule has 0 bridgehead atoms. The lowest BCUT2D eigenvalue weighted by molar-refractivity contribution is -0.118. The predicted molar refractivity (Wildman–Crippen MR) is 101 cm³/mol. The minimum Gasteiger partial charge on any atom is -0.497 e. The molecule has 1 aliphatic heterocycles. The van der Waals surface area contributed by atoms with Crippen LogP contribution in [0.3, 0.4) is 0 Å². The minimum atomic E-state index is -0.119. The third-order valence-electron chi connectivity index (χ3n) is 4.49. The van der Waals surface area contributed by atoms with Crippen molar-refractivity contribution in [2.75, 3.05) is 26.7 Å². The van der Waals surface area contributed by atoms with Crippen LogP contribution in [0.2, 0.25) is 0 Å². The summed E-state index contributed by atoms with van der Waals surface area (Å²) in [5.74, 6) is 0.685. The summed E-state index contributed by atoms with van der Waals surface area (Å²) in [6.07, 6.45) is 3.79. The highest BCUT2D eigenvalue weighted by atomic mass is 16.5. The number of nitrogens with zero attached hydrogens (tertiary/aromatic N) is 1. The van der Waals surface area contributed by atoms with Gasteiger partial charge in [0.1, 0.15) is 5.75 Å². The van der Waals surface area contributed by atoms with Crippen molar-refractivity contribution in [3.8, 4) is 5.75 Å². The lowest BCUT2D eigenvalue weighted by Crippen LogP contribution is -2.58. The molecule has 5 heteroatoms. The molecule has 0 radical (unpaired) electrons. The van der Waals surface area contributed by atoms with E-state index in [1.165, 1.54) is 0 Å². The molecular weight excluding hydrogens is 316 g/mol. The molecule has 5 nitrogen and oxygen atoms in total. The van der Waals surface area contributed by atoms with Gasteiger partial charge in [-0.3, -0.25) is 9.69 Å². The lowest BCUT2D eigenvalue weighted by atomic mass is 10.00. The quantitative estimate of drug-likeness (QED) is 0.805. The first-order valence-electron chi connectivity index (χ1n) is 8.80. The van der Waals surface area contributed by atoms with Gasteiger partial charge in [0.2, 0.25) is 5.91 Å². The number of carbonyl (C=O) groups is 1. The Labute approximate surface area is 151 Å². The van der Waals surface area contributed by atoms with Crippen LogP contribution >= 0.6 is 0 Å². The van der Waals surface area contributed by atoms with E-state index in [0.717, 1.165) is 24.4 Å². The number of benzene rings is 1. The fraction of sp³-hybridized carbons (Fsp3) is 0.550. The van der Waals surface area contributed by atoms with E-state index in [2.05, 4.69) is 37.9 Å². The molecule has 25 heavy (non-hydrogen) atoms. The Balaban J connectivity index is 1.88. The van der Waals surface area contributed by atoms with E-state index >= 15 is 0 Å². The molecular formula is C20H30N2O3. The van der Waals surface area contributed by atoms with Gasteiger partial charge < -0.3 is 14.8 Å². The van der Waals surface area contributed by atoms with Crippen molar-refractivity contribution in [3.63, 3.8) is 0 Å². The molecule has 0 saturated carbocycles. The molecule has 2 atom stereocenters. The van der Waals surface area contributed by atoms with Crippen LogP contribution < -0.4 is 10.1 Å². The number of nitrogens with one attached hydrogen (secondary N) is 1. The van der Waals surface area contributed by atoms with E-state index in [1.54, 1.807) is 19.3 Å². The van der Waals surface area contributed by atoms with Crippen molar-refractivity contribution in [3.05, 3.63) is 35.9 Å². The number of amides is 1. The monoisotopic (exact) mass is 346 g/mol. The Morgan fingerprint density at radius 1 is 1.36 bits per heavy atom. The summed E-state index contributed by atoms with van der Waals surface area (Å²) in [7, 11) is 1.63. The van der Waals surface area contributed by atoms with E-state index in [1.807, 2.05) is 24.3 Å². The third kappa shape index (κ3) is 5.87. The standard InChI is InChI=1S/C20H30N2O3/c1-15-12-22(13-16(2)25-15)20(3,4)14-21-19(23)10-9-17-7-6-8-18(11-17)24-5/h6-11,15-16H,12-14H2,1-5H3,(H,21,23)/b10-9+/t15-,16+. The van der Waals surface area contributed by atoms with Crippen LogP contribution in [0, 0.1) is 0 Å². The Morgan fingerprint density at radius 2 is 2.04 bits per heavy atom. The smallest absolute Gasteiger partial charge is 0.244 e. The van der Waals surface area contributed by atoms with Crippen LogP contribution in [0.5, 0.6) is 5.75 Å². The van der Waals surface area contributed by atoms with Gasteiger partial charge in [0.25, 0.3) is 0 Å². The minimum absolute atomic E-state index is 0.0924. The maximum absolute atomic E-state index is 12.2. The first-order chi connectivity index (χ1) is 11.8. The van der Waals surface area contributed by atoms with Gasteiger partial charge >= 0.3 is 0 Å². The molecule has 2 rings (SSSR count). The molecule has 1 fully saturated rings. The molecule has 138 valence electrons. The van der Waals surface area contributed by atoms with E-state index in [0.29, 0.717) is 6.54 Å². The SMILES string of the molecule is COc1cccc(/C=C/C(=O)NCC(C)(C)N2C[C@@H](C)O[C@@H](C)C2)c1. The summed E-state index contributed by atoms with van der Waals surface area (Å²) in [6, 6.07) is 7.61. The van der Waals surface area contributed by atoms with Crippen LogP contribution in [-0.2, 0) is 9.53 Å². The number of morpholine rings is 1. The third-order valence-corrected chi connectivity index (χ3v) is 4.49. The van der Waals surface area contributed by atoms with Gasteiger partial charge in [0.05, 0.1) is 19.3 Å². The maximum Gasteiger partial charge on any atom is 0.244 e. The number of hydrogen-bond donors (Lipinski definition) is 1. The van der Waals surface area contributed by atoms with E-state index < -0.39 is 0 Å². The zero-order chi connectivity index (χ0) is 18.4. The average molecular weight is 346 g/mol. The summed E-state index contributed by atoms with van der Waals surface area (Å²) < 4.78 is 11.0. The molecule has 1 heterocycles. The van der Waals surface area contributed by atoms with E-state index in [9.17, 15) is 4.79 Å². The van der Waals surface area contributed by atoms with Crippen LogP contribution in [0.25, 0.3) is 6.08 Å². The van der Waals surface area contributed by atoms with Gasteiger partial charge in [0, 0.05) is 31.2 Å². The van der Waals surface area contributed by atoms with Gasteiger partial charge in [-0.2, -0.15) is 0 Å². The molecule has 1 aromatic carbocycles. The Kier molecular flexibility index (Phi) is 6.62. The van der Waals surface area contributed by atoms with Crippen molar-refractivity contribution in [1.82, 2.24) is 10.2 Å². The molecule has 1 aliphatic rings. The molecule has 1 aromatic rings. The number of rotatable bonds is 6. The largest absolute Gasteiger partial charge is 0.497 e. The Morgan fingerprint density at radius 3 is 2.68 bits per heavy atom. The van der Waals surface area contributed by atoms with Crippen LogP contribution in [0.15, 0.2) is 30.3 Å². The molecule has 0 spiro atoms. The van der Waals surface area contributed by atoms with E-state index in [4.69, 9.17) is 9.47 Å². The highest BCUT2D eigenvalue weighted by Gasteiger charge is 2.33. The highest BCUT2D eigenvalue weighted by molar-refractivity contribution is 5.91. The van der Waals surface area contributed by atoms with Gasteiger partial charge in [0.15, 0.2) is 0 Å². The van der Waals surface area contributed by atoms with Gasteiger partial charge in [-0.15, -0.1) is 0 Å². The van der Waals surface area contributed by atoms with Gasteiger partial charge in [-0.1, -0.05) is 12.1 Å². The fourth-order valence-electron chi connectivity index (χ4n) is 3.06. The number of methoxy groups -OCH3 is 1. The lowest BCUT2D eigenvalue weighted by Gasteiger charge is -2.45. The highest BCUT2D eigenvalue weighted by Crippen LogP contribution is 2.20. The van der Waals surface area contributed by atoms with Gasteiger partial charge in [-0.25, -0.2) is 0 Å².